The van der Waals surface area contributed by atoms with Gasteiger partial charge in [-0.05, 0) is 63.2 Å². The van der Waals surface area contributed by atoms with E-state index in [1.807, 2.05) is 0 Å². The van der Waals surface area contributed by atoms with Crippen LogP contribution in [-0.2, 0) is 14.3 Å². The van der Waals surface area contributed by atoms with Crippen LogP contribution in [0.15, 0.2) is 0 Å². The Hall–Kier alpha value is -0.610. The number of ether oxygens (including phenoxy) is 2. The number of carbonyl (C=O) groups excluding carboxylic acids is 1. The summed E-state index contributed by atoms with van der Waals surface area (Å²) in [6, 6.07) is 0. The van der Waals surface area contributed by atoms with Gasteiger partial charge in [-0.25, -0.2) is 0 Å². The summed E-state index contributed by atoms with van der Waals surface area (Å²) >= 11 is 0. The Morgan fingerprint density at radius 3 is 2.32 bits per heavy atom. The maximum atomic E-state index is 12.9. The van der Waals surface area contributed by atoms with Crippen LogP contribution in [0.1, 0.15) is 64.2 Å². The van der Waals surface area contributed by atoms with Crippen molar-refractivity contribution in [2.75, 3.05) is 13.7 Å². The molecule has 4 rings (SSSR count). The Morgan fingerprint density at radius 2 is 1.77 bits per heavy atom. The highest BCUT2D eigenvalue weighted by atomic mass is 16.6. The molecule has 1 aliphatic heterocycles. The minimum Gasteiger partial charge on any atom is -0.469 e. The lowest BCUT2D eigenvalue weighted by Gasteiger charge is -2.57. The van der Waals surface area contributed by atoms with Crippen LogP contribution in [0.3, 0.4) is 0 Å². The molecule has 0 aromatic carbocycles. The van der Waals surface area contributed by atoms with Crippen molar-refractivity contribution in [3.05, 3.63) is 0 Å². The number of fused-ring (bicyclic) bond motifs is 2. The van der Waals surface area contributed by atoms with Crippen molar-refractivity contribution in [3.8, 4) is 0 Å². The molecule has 4 aliphatic rings. The van der Waals surface area contributed by atoms with E-state index >= 15 is 0 Å². The van der Waals surface area contributed by atoms with E-state index in [0.717, 1.165) is 44.9 Å². The lowest BCUT2D eigenvalue weighted by Crippen LogP contribution is -2.62. The third kappa shape index (κ3) is 1.63. The fourth-order valence-corrected chi connectivity index (χ4v) is 6.66. The van der Waals surface area contributed by atoms with Gasteiger partial charge in [0.25, 0.3) is 0 Å². The van der Waals surface area contributed by atoms with E-state index in [1.165, 1.54) is 20.0 Å². The molecule has 0 radical (unpaired) electrons. The molecule has 4 nitrogen and oxygen atoms in total. The summed E-state index contributed by atoms with van der Waals surface area (Å²) in [7, 11) is 1.51. The third-order valence-electron chi connectivity index (χ3n) is 7.28. The second-order valence-electron chi connectivity index (χ2n) is 8.10. The Labute approximate surface area is 132 Å². The van der Waals surface area contributed by atoms with Gasteiger partial charge in [0.15, 0.2) is 0 Å². The first-order chi connectivity index (χ1) is 10.6. The SMILES string of the molecule is COC(=O)[C@]12CCC[C@](CO)(C1)OC21C2CCCC1CCC2. The van der Waals surface area contributed by atoms with Crippen LogP contribution in [0.25, 0.3) is 0 Å². The molecule has 124 valence electrons. The molecule has 0 unspecified atom stereocenters. The second kappa shape index (κ2) is 4.94. The molecule has 1 saturated heterocycles. The van der Waals surface area contributed by atoms with Crippen LogP contribution < -0.4 is 0 Å². The van der Waals surface area contributed by atoms with Crippen LogP contribution in [0.4, 0.5) is 0 Å². The Kier molecular flexibility index (Phi) is 3.36. The van der Waals surface area contributed by atoms with Crippen LogP contribution in [0.5, 0.6) is 0 Å². The van der Waals surface area contributed by atoms with E-state index in [0.29, 0.717) is 18.3 Å². The van der Waals surface area contributed by atoms with E-state index in [4.69, 9.17) is 9.47 Å². The standard InChI is InChI=1S/C18H28O4/c1-21-15(20)17-10-4-9-16(11-17,12-19)22-18(17)13-5-2-6-14(18)8-3-7-13/h13-14,19H,2-12H2,1H3/t13?,14?,16-,17+,18?/m1/s1. The quantitative estimate of drug-likeness (QED) is 0.797. The first kappa shape index (κ1) is 14.9. The lowest BCUT2D eigenvalue weighted by atomic mass is 9.49. The van der Waals surface area contributed by atoms with Crippen molar-refractivity contribution >= 4 is 5.97 Å². The largest absolute Gasteiger partial charge is 0.469 e. The van der Waals surface area contributed by atoms with Gasteiger partial charge in [0.2, 0.25) is 0 Å². The summed E-state index contributed by atoms with van der Waals surface area (Å²) in [5, 5.41) is 10.0. The topological polar surface area (TPSA) is 55.8 Å². The fourth-order valence-electron chi connectivity index (χ4n) is 6.66. The Bertz CT molecular complexity index is 454. The average molecular weight is 308 g/mol. The minimum atomic E-state index is -0.515. The van der Waals surface area contributed by atoms with Crippen LogP contribution in [-0.4, -0.2) is 36.0 Å². The molecule has 2 atom stereocenters. The first-order valence-corrected chi connectivity index (χ1v) is 9.02. The van der Waals surface area contributed by atoms with Crippen molar-refractivity contribution in [3.63, 3.8) is 0 Å². The molecule has 4 bridgehead atoms. The molecule has 4 fully saturated rings. The number of hydrogen-bond acceptors (Lipinski definition) is 4. The second-order valence-corrected chi connectivity index (χ2v) is 8.10. The highest BCUT2D eigenvalue weighted by Crippen LogP contribution is 2.69. The summed E-state index contributed by atoms with van der Waals surface area (Å²) in [4.78, 5) is 12.9. The molecule has 4 heteroatoms. The predicted octanol–water partition coefficient (Wildman–Crippen LogP) is 2.82. The van der Waals surface area contributed by atoms with E-state index < -0.39 is 11.0 Å². The van der Waals surface area contributed by atoms with Crippen molar-refractivity contribution < 1.29 is 19.4 Å². The normalized spacial score (nSPS) is 50.1. The predicted molar refractivity (Wildman–Crippen MR) is 81.2 cm³/mol. The van der Waals surface area contributed by atoms with Crippen molar-refractivity contribution in [1.29, 1.82) is 0 Å². The number of rotatable bonds is 2. The van der Waals surface area contributed by atoms with Crippen molar-refractivity contribution in [2.24, 2.45) is 17.3 Å². The van der Waals surface area contributed by atoms with Crippen LogP contribution in [0, 0.1) is 17.3 Å². The summed E-state index contributed by atoms with van der Waals surface area (Å²) < 4.78 is 12.1. The van der Waals surface area contributed by atoms with Gasteiger partial charge in [-0.1, -0.05) is 12.8 Å². The molecule has 1 spiro atoms. The highest BCUT2D eigenvalue weighted by Gasteiger charge is 2.75. The zero-order valence-corrected chi connectivity index (χ0v) is 13.6. The van der Waals surface area contributed by atoms with Gasteiger partial charge in [-0.2, -0.15) is 0 Å². The number of aliphatic hydroxyl groups excluding tert-OH is 1. The van der Waals surface area contributed by atoms with E-state index in [-0.39, 0.29) is 18.2 Å². The third-order valence-corrected chi connectivity index (χ3v) is 7.28. The smallest absolute Gasteiger partial charge is 0.314 e. The monoisotopic (exact) mass is 308 g/mol. The zero-order chi connectivity index (χ0) is 15.4. The van der Waals surface area contributed by atoms with E-state index in [2.05, 4.69) is 0 Å². The zero-order valence-electron chi connectivity index (χ0n) is 13.6. The van der Waals surface area contributed by atoms with Gasteiger partial charge in [-0.15, -0.1) is 0 Å². The van der Waals surface area contributed by atoms with Gasteiger partial charge in [0.05, 0.1) is 24.9 Å². The van der Waals surface area contributed by atoms with E-state index in [1.54, 1.807) is 0 Å². The van der Waals surface area contributed by atoms with Gasteiger partial charge in [0.1, 0.15) is 5.41 Å². The molecule has 0 aromatic heterocycles. The van der Waals surface area contributed by atoms with Crippen molar-refractivity contribution in [1.82, 2.24) is 0 Å². The maximum Gasteiger partial charge on any atom is 0.314 e. The van der Waals surface area contributed by atoms with Gasteiger partial charge in [0, 0.05) is 0 Å². The molecule has 1 heterocycles. The molecule has 0 aromatic rings. The minimum absolute atomic E-state index is 0.0347. The molecule has 0 amide bonds. The number of hydrogen-bond donors (Lipinski definition) is 1. The molecule has 3 saturated carbocycles. The van der Waals surface area contributed by atoms with Crippen LogP contribution in [0.2, 0.25) is 0 Å². The highest BCUT2D eigenvalue weighted by molar-refractivity contribution is 5.80. The fraction of sp³-hybridized carbons (Fsp3) is 0.944. The first-order valence-electron chi connectivity index (χ1n) is 9.02. The summed E-state index contributed by atoms with van der Waals surface area (Å²) in [6.07, 6.45) is 10.5. The average Bonchev–Trinajstić information content (AvgIpc) is 2.72. The summed E-state index contributed by atoms with van der Waals surface area (Å²) in [6.45, 7) is 0.0347. The Balaban J connectivity index is 1.87. The summed E-state index contributed by atoms with van der Waals surface area (Å²) in [5.74, 6) is 0.845. The number of aliphatic hydroxyl groups is 1. The molecular weight excluding hydrogens is 280 g/mol. The molecule has 3 aliphatic carbocycles. The van der Waals surface area contributed by atoms with Gasteiger partial charge < -0.3 is 14.6 Å². The number of methoxy groups -OCH3 is 1. The van der Waals surface area contributed by atoms with E-state index in [9.17, 15) is 9.90 Å². The molecule has 1 N–H and O–H groups in total. The Morgan fingerprint density at radius 1 is 1.14 bits per heavy atom. The number of carbonyl (C=O) groups is 1. The van der Waals surface area contributed by atoms with Crippen LogP contribution >= 0.6 is 0 Å². The lowest BCUT2D eigenvalue weighted by molar-refractivity contribution is -0.226. The molecule has 22 heavy (non-hydrogen) atoms. The van der Waals surface area contributed by atoms with Gasteiger partial charge in [-0.3, -0.25) is 4.79 Å². The number of esters is 1. The summed E-state index contributed by atoms with van der Waals surface area (Å²) in [5.41, 5.74) is -1.38. The maximum absolute atomic E-state index is 12.9. The molecular formula is C18H28O4. The van der Waals surface area contributed by atoms with Gasteiger partial charge >= 0.3 is 5.97 Å². The van der Waals surface area contributed by atoms with Crippen molar-refractivity contribution in [2.45, 2.75) is 75.4 Å².